The number of ether oxygens (including phenoxy) is 2. The van der Waals surface area contributed by atoms with Crippen LogP contribution in [0.4, 0.5) is 10.5 Å². The molecule has 0 aromatic heterocycles. The molecule has 8 heteroatoms. The Labute approximate surface area is 159 Å². The smallest absolute Gasteiger partial charge is 0.290 e. The molecule has 2 N–H and O–H groups in total. The molecular formula is C19H16N2O5S. The Hall–Kier alpha value is -3.26. The predicted molar refractivity (Wildman–Crippen MR) is 103 cm³/mol. The van der Waals surface area contributed by atoms with Gasteiger partial charge < -0.3 is 14.8 Å². The Morgan fingerprint density at radius 2 is 1.89 bits per heavy atom. The van der Waals surface area contributed by atoms with Gasteiger partial charge in [0.25, 0.3) is 17.1 Å². The summed E-state index contributed by atoms with van der Waals surface area (Å²) in [7, 11) is 1.53. The van der Waals surface area contributed by atoms with Crippen LogP contribution in [0.2, 0.25) is 0 Å². The van der Waals surface area contributed by atoms with E-state index in [0.29, 0.717) is 22.1 Å². The Morgan fingerprint density at radius 1 is 1.15 bits per heavy atom. The number of hydrogen-bond donors (Lipinski definition) is 2. The lowest BCUT2D eigenvalue weighted by Gasteiger charge is -2.10. The van der Waals surface area contributed by atoms with E-state index in [1.807, 2.05) is 6.07 Å². The molecule has 3 rings (SSSR count). The van der Waals surface area contributed by atoms with Crippen molar-refractivity contribution in [3.8, 4) is 11.5 Å². The van der Waals surface area contributed by atoms with E-state index >= 15 is 0 Å². The SMILES string of the molecule is COc1ccccc1NC(=O)COc1ccc(/C=C2\SC(=O)NC2=O)cc1. The Balaban J connectivity index is 1.56. The van der Waals surface area contributed by atoms with Gasteiger partial charge in [-0.2, -0.15) is 0 Å². The number of anilines is 1. The quantitative estimate of drug-likeness (QED) is 0.744. The van der Waals surface area contributed by atoms with Crippen molar-refractivity contribution in [1.29, 1.82) is 0 Å². The first-order chi connectivity index (χ1) is 13.0. The number of methoxy groups -OCH3 is 1. The molecule has 1 heterocycles. The highest BCUT2D eigenvalue weighted by atomic mass is 32.2. The van der Waals surface area contributed by atoms with Gasteiger partial charge >= 0.3 is 0 Å². The van der Waals surface area contributed by atoms with E-state index in [-0.39, 0.29) is 17.8 Å². The molecule has 1 fully saturated rings. The van der Waals surface area contributed by atoms with Crippen molar-refractivity contribution in [2.75, 3.05) is 19.0 Å². The van der Waals surface area contributed by atoms with Crippen LogP contribution in [0.1, 0.15) is 5.56 Å². The number of rotatable bonds is 6. The monoisotopic (exact) mass is 384 g/mol. The van der Waals surface area contributed by atoms with E-state index in [2.05, 4.69) is 10.6 Å². The number of benzene rings is 2. The van der Waals surface area contributed by atoms with Gasteiger partial charge in [0.2, 0.25) is 0 Å². The lowest BCUT2D eigenvalue weighted by atomic mass is 10.2. The summed E-state index contributed by atoms with van der Waals surface area (Å²) < 4.78 is 10.6. The van der Waals surface area contributed by atoms with Crippen molar-refractivity contribution in [2.45, 2.75) is 0 Å². The van der Waals surface area contributed by atoms with E-state index in [1.165, 1.54) is 7.11 Å². The Morgan fingerprint density at radius 3 is 2.56 bits per heavy atom. The van der Waals surface area contributed by atoms with Crippen LogP contribution >= 0.6 is 11.8 Å². The van der Waals surface area contributed by atoms with Gasteiger partial charge in [-0.25, -0.2) is 0 Å². The summed E-state index contributed by atoms with van der Waals surface area (Å²) in [6, 6.07) is 13.9. The standard InChI is InChI=1S/C19H16N2O5S/c1-25-15-5-3-2-4-14(15)20-17(22)11-26-13-8-6-12(7-9-13)10-16-18(23)21-19(24)27-16/h2-10H,11H2,1H3,(H,20,22)(H,21,23,24)/b16-10-. The molecule has 2 aromatic rings. The maximum atomic E-state index is 12.0. The molecule has 0 aliphatic carbocycles. The number of carbonyl (C=O) groups is 3. The summed E-state index contributed by atoms with van der Waals surface area (Å²) >= 11 is 0.858. The van der Waals surface area contributed by atoms with E-state index in [0.717, 1.165) is 17.3 Å². The van der Waals surface area contributed by atoms with Gasteiger partial charge in [0.1, 0.15) is 11.5 Å². The molecule has 0 bridgehead atoms. The van der Waals surface area contributed by atoms with E-state index < -0.39 is 5.91 Å². The van der Waals surface area contributed by atoms with Crippen LogP contribution in [-0.2, 0) is 9.59 Å². The molecule has 27 heavy (non-hydrogen) atoms. The minimum atomic E-state index is -0.404. The largest absolute Gasteiger partial charge is 0.495 e. The zero-order valence-electron chi connectivity index (χ0n) is 14.4. The van der Waals surface area contributed by atoms with Crippen LogP contribution in [-0.4, -0.2) is 30.8 Å². The molecule has 0 radical (unpaired) electrons. The molecule has 0 atom stereocenters. The molecule has 138 valence electrons. The fourth-order valence-electron chi connectivity index (χ4n) is 2.32. The molecule has 2 aromatic carbocycles. The molecule has 0 unspecified atom stereocenters. The Bertz CT molecular complexity index is 909. The van der Waals surface area contributed by atoms with Crippen molar-refractivity contribution in [1.82, 2.24) is 5.32 Å². The van der Waals surface area contributed by atoms with Crippen molar-refractivity contribution >= 4 is 40.6 Å². The van der Waals surface area contributed by atoms with Gasteiger partial charge in [0, 0.05) is 0 Å². The molecule has 0 spiro atoms. The number of para-hydroxylation sites is 2. The normalized spacial score (nSPS) is 14.8. The van der Waals surface area contributed by atoms with Crippen molar-refractivity contribution in [2.24, 2.45) is 0 Å². The summed E-state index contributed by atoms with van der Waals surface area (Å²) in [5.41, 5.74) is 1.31. The third kappa shape index (κ3) is 4.89. The average molecular weight is 384 g/mol. The minimum absolute atomic E-state index is 0.161. The number of amides is 3. The maximum Gasteiger partial charge on any atom is 0.290 e. The van der Waals surface area contributed by atoms with Crippen LogP contribution in [0.5, 0.6) is 11.5 Å². The van der Waals surface area contributed by atoms with Gasteiger partial charge in [-0.1, -0.05) is 24.3 Å². The first kappa shape index (κ1) is 18.5. The predicted octanol–water partition coefficient (Wildman–Crippen LogP) is 3.04. The fraction of sp³-hybridized carbons (Fsp3) is 0.105. The summed E-state index contributed by atoms with van der Waals surface area (Å²) in [6.07, 6.45) is 1.61. The van der Waals surface area contributed by atoms with Gasteiger partial charge in [0.05, 0.1) is 17.7 Å². The fourth-order valence-corrected chi connectivity index (χ4v) is 3.00. The van der Waals surface area contributed by atoms with Gasteiger partial charge in [-0.05, 0) is 47.7 Å². The number of nitrogens with one attached hydrogen (secondary N) is 2. The number of imide groups is 1. The molecule has 1 aliphatic heterocycles. The number of carbonyl (C=O) groups excluding carboxylic acids is 3. The molecule has 0 saturated carbocycles. The minimum Gasteiger partial charge on any atom is -0.495 e. The first-order valence-corrected chi connectivity index (χ1v) is 8.77. The average Bonchev–Trinajstić information content (AvgIpc) is 2.98. The highest BCUT2D eigenvalue weighted by Crippen LogP contribution is 2.26. The van der Waals surface area contributed by atoms with Crippen LogP contribution < -0.4 is 20.1 Å². The topological polar surface area (TPSA) is 93.7 Å². The van der Waals surface area contributed by atoms with Crippen LogP contribution in [0.15, 0.2) is 53.4 Å². The van der Waals surface area contributed by atoms with Gasteiger partial charge in [-0.15, -0.1) is 0 Å². The second-order valence-electron chi connectivity index (χ2n) is 5.46. The van der Waals surface area contributed by atoms with Crippen LogP contribution in [0.25, 0.3) is 6.08 Å². The van der Waals surface area contributed by atoms with Crippen molar-refractivity contribution < 1.29 is 23.9 Å². The summed E-state index contributed by atoms with van der Waals surface area (Å²) in [4.78, 5) is 35.1. The zero-order chi connectivity index (χ0) is 19.2. The zero-order valence-corrected chi connectivity index (χ0v) is 15.2. The molecule has 1 saturated heterocycles. The highest BCUT2D eigenvalue weighted by molar-refractivity contribution is 8.18. The van der Waals surface area contributed by atoms with Gasteiger partial charge in [0.15, 0.2) is 6.61 Å². The van der Waals surface area contributed by atoms with Crippen molar-refractivity contribution in [3.05, 3.63) is 59.0 Å². The lowest BCUT2D eigenvalue weighted by Crippen LogP contribution is -2.20. The van der Waals surface area contributed by atoms with Crippen molar-refractivity contribution in [3.63, 3.8) is 0 Å². The second-order valence-corrected chi connectivity index (χ2v) is 6.47. The van der Waals surface area contributed by atoms with Crippen LogP contribution in [0, 0.1) is 0 Å². The molecule has 7 nitrogen and oxygen atoms in total. The molecule has 3 amide bonds. The lowest BCUT2D eigenvalue weighted by molar-refractivity contribution is -0.118. The summed E-state index contributed by atoms with van der Waals surface area (Å²) in [5.74, 6) is 0.351. The van der Waals surface area contributed by atoms with E-state index in [4.69, 9.17) is 9.47 Å². The maximum absolute atomic E-state index is 12.0. The third-order valence-electron chi connectivity index (χ3n) is 3.57. The summed E-state index contributed by atoms with van der Waals surface area (Å²) in [6.45, 7) is -0.161. The van der Waals surface area contributed by atoms with E-state index in [9.17, 15) is 14.4 Å². The third-order valence-corrected chi connectivity index (χ3v) is 4.38. The summed E-state index contributed by atoms with van der Waals surface area (Å²) in [5, 5.41) is 4.54. The number of hydrogen-bond acceptors (Lipinski definition) is 6. The second kappa shape index (κ2) is 8.41. The number of thioether (sulfide) groups is 1. The van der Waals surface area contributed by atoms with Gasteiger partial charge in [-0.3, -0.25) is 19.7 Å². The van der Waals surface area contributed by atoms with Crippen LogP contribution in [0.3, 0.4) is 0 Å². The first-order valence-electron chi connectivity index (χ1n) is 7.96. The highest BCUT2D eigenvalue weighted by Gasteiger charge is 2.24. The molecule has 1 aliphatic rings. The Kier molecular flexibility index (Phi) is 5.77. The molecular weight excluding hydrogens is 368 g/mol. The van der Waals surface area contributed by atoms with E-state index in [1.54, 1.807) is 48.5 Å².